The third-order valence-corrected chi connectivity index (χ3v) is 6.33. The van der Waals surface area contributed by atoms with Gasteiger partial charge in [-0.05, 0) is 54.6 Å². The second-order valence-electron chi connectivity index (χ2n) is 7.05. The fraction of sp³-hybridized carbons (Fsp3) is 0.286. The monoisotopic (exact) mass is 460 g/mol. The van der Waals surface area contributed by atoms with E-state index in [0.29, 0.717) is 17.0 Å². The SMILES string of the molecule is Cl.Fc1ccc(SC2CC(NCc3c(F)ccc4cnccc34)C2)cc1C(F)(F)F. The minimum absolute atomic E-state index is 0. The summed E-state index contributed by atoms with van der Waals surface area (Å²) in [6, 6.07) is 8.14. The topological polar surface area (TPSA) is 24.9 Å². The first-order valence-electron chi connectivity index (χ1n) is 9.09. The first-order chi connectivity index (χ1) is 13.8. The molecule has 1 N–H and O–H groups in total. The van der Waals surface area contributed by atoms with E-state index < -0.39 is 17.6 Å². The van der Waals surface area contributed by atoms with Crippen molar-refractivity contribution in [1.82, 2.24) is 10.3 Å². The van der Waals surface area contributed by atoms with E-state index in [1.54, 1.807) is 24.5 Å². The molecule has 1 heterocycles. The van der Waals surface area contributed by atoms with Crippen LogP contribution < -0.4 is 5.32 Å². The van der Waals surface area contributed by atoms with Gasteiger partial charge in [0.25, 0.3) is 0 Å². The van der Waals surface area contributed by atoms with Gasteiger partial charge < -0.3 is 5.32 Å². The normalized spacial score (nSPS) is 18.7. The fourth-order valence-electron chi connectivity index (χ4n) is 3.45. The molecule has 1 saturated carbocycles. The van der Waals surface area contributed by atoms with Crippen molar-refractivity contribution in [3.63, 3.8) is 0 Å². The van der Waals surface area contributed by atoms with Crippen LogP contribution in [0, 0.1) is 11.6 Å². The van der Waals surface area contributed by atoms with Crippen LogP contribution in [0.2, 0.25) is 0 Å². The maximum atomic E-state index is 14.2. The smallest absolute Gasteiger partial charge is 0.310 e. The number of nitrogens with zero attached hydrogens (tertiary/aromatic N) is 1. The number of nitrogens with one attached hydrogen (secondary N) is 1. The summed E-state index contributed by atoms with van der Waals surface area (Å²) in [6.45, 7) is 0.365. The number of thioether (sulfide) groups is 1. The molecule has 1 aliphatic rings. The fourth-order valence-corrected chi connectivity index (χ4v) is 4.82. The van der Waals surface area contributed by atoms with Gasteiger partial charge in [-0.1, -0.05) is 0 Å². The van der Waals surface area contributed by atoms with E-state index in [9.17, 15) is 22.0 Å². The van der Waals surface area contributed by atoms with E-state index in [-0.39, 0.29) is 29.5 Å². The van der Waals surface area contributed by atoms with Crippen LogP contribution in [0.1, 0.15) is 24.0 Å². The Labute approximate surface area is 180 Å². The Kier molecular flexibility index (Phi) is 6.89. The predicted molar refractivity (Wildman–Crippen MR) is 110 cm³/mol. The van der Waals surface area contributed by atoms with E-state index in [4.69, 9.17) is 0 Å². The maximum Gasteiger partial charge on any atom is 0.419 e. The van der Waals surface area contributed by atoms with Crippen LogP contribution in [0.5, 0.6) is 0 Å². The molecule has 0 bridgehead atoms. The number of rotatable bonds is 5. The quantitative estimate of drug-likeness (QED) is 0.448. The number of aromatic nitrogens is 1. The number of benzene rings is 2. The van der Waals surface area contributed by atoms with Crippen LogP contribution in [-0.4, -0.2) is 16.3 Å². The van der Waals surface area contributed by atoms with E-state index in [1.165, 1.54) is 23.9 Å². The maximum absolute atomic E-state index is 14.2. The number of hydrogen-bond donors (Lipinski definition) is 1. The lowest BCUT2D eigenvalue weighted by Gasteiger charge is -2.35. The van der Waals surface area contributed by atoms with Crippen LogP contribution in [0.3, 0.4) is 0 Å². The van der Waals surface area contributed by atoms with E-state index >= 15 is 0 Å². The molecule has 0 unspecified atom stereocenters. The van der Waals surface area contributed by atoms with Gasteiger partial charge in [0, 0.05) is 46.1 Å². The van der Waals surface area contributed by atoms with Crippen molar-refractivity contribution in [2.24, 2.45) is 0 Å². The van der Waals surface area contributed by atoms with Gasteiger partial charge in [0.15, 0.2) is 0 Å². The first kappa shape index (κ1) is 22.8. The molecule has 160 valence electrons. The molecule has 2 nitrogen and oxygen atoms in total. The molecule has 30 heavy (non-hydrogen) atoms. The molecule has 0 spiro atoms. The van der Waals surface area contributed by atoms with Gasteiger partial charge >= 0.3 is 6.18 Å². The molecule has 1 fully saturated rings. The largest absolute Gasteiger partial charge is 0.419 e. The van der Waals surface area contributed by atoms with E-state index in [2.05, 4.69) is 10.3 Å². The van der Waals surface area contributed by atoms with E-state index in [0.717, 1.165) is 35.7 Å². The highest BCUT2D eigenvalue weighted by molar-refractivity contribution is 8.00. The third kappa shape index (κ3) is 4.87. The first-order valence-corrected chi connectivity index (χ1v) is 9.97. The van der Waals surface area contributed by atoms with Crippen LogP contribution in [0.4, 0.5) is 22.0 Å². The summed E-state index contributed by atoms with van der Waals surface area (Å²) >= 11 is 1.31. The summed E-state index contributed by atoms with van der Waals surface area (Å²) in [5.41, 5.74) is -0.660. The van der Waals surface area contributed by atoms with Crippen molar-refractivity contribution in [3.05, 3.63) is 71.6 Å². The van der Waals surface area contributed by atoms with Crippen molar-refractivity contribution >= 4 is 34.9 Å². The van der Waals surface area contributed by atoms with Crippen molar-refractivity contribution in [2.75, 3.05) is 0 Å². The Morgan fingerprint density at radius 3 is 2.50 bits per heavy atom. The Morgan fingerprint density at radius 1 is 1.03 bits per heavy atom. The van der Waals surface area contributed by atoms with Crippen molar-refractivity contribution in [1.29, 1.82) is 0 Å². The Balaban J connectivity index is 0.00000256. The molecule has 3 aromatic rings. The molecule has 0 amide bonds. The lowest BCUT2D eigenvalue weighted by atomic mass is 9.92. The zero-order chi connectivity index (χ0) is 20.6. The van der Waals surface area contributed by atoms with Gasteiger partial charge in [0.2, 0.25) is 0 Å². The van der Waals surface area contributed by atoms with Gasteiger partial charge in [0.05, 0.1) is 5.56 Å². The summed E-state index contributed by atoms with van der Waals surface area (Å²) in [4.78, 5) is 4.44. The van der Waals surface area contributed by atoms with Gasteiger partial charge in [-0.15, -0.1) is 24.2 Å². The molecule has 4 rings (SSSR count). The van der Waals surface area contributed by atoms with Crippen LogP contribution >= 0.6 is 24.2 Å². The van der Waals surface area contributed by atoms with Gasteiger partial charge in [0.1, 0.15) is 11.6 Å². The molecular formula is C21H18ClF5N2S. The lowest BCUT2D eigenvalue weighted by molar-refractivity contribution is -0.140. The zero-order valence-corrected chi connectivity index (χ0v) is 17.2. The van der Waals surface area contributed by atoms with Gasteiger partial charge in [-0.2, -0.15) is 13.2 Å². The summed E-state index contributed by atoms with van der Waals surface area (Å²) in [5.74, 6) is -1.55. The zero-order valence-electron chi connectivity index (χ0n) is 15.5. The van der Waals surface area contributed by atoms with Crippen molar-refractivity contribution in [2.45, 2.75) is 41.7 Å². The molecule has 0 aliphatic heterocycles. The average Bonchev–Trinajstić information content (AvgIpc) is 2.65. The molecule has 9 heteroatoms. The van der Waals surface area contributed by atoms with Crippen molar-refractivity contribution < 1.29 is 22.0 Å². The number of halogens is 6. The second-order valence-corrected chi connectivity index (χ2v) is 8.43. The highest BCUT2D eigenvalue weighted by atomic mass is 35.5. The van der Waals surface area contributed by atoms with E-state index in [1.807, 2.05) is 0 Å². The Morgan fingerprint density at radius 2 is 1.77 bits per heavy atom. The molecule has 2 aromatic carbocycles. The van der Waals surface area contributed by atoms with Crippen LogP contribution in [-0.2, 0) is 12.7 Å². The summed E-state index contributed by atoms with van der Waals surface area (Å²) in [7, 11) is 0. The molecule has 0 saturated heterocycles. The van der Waals surface area contributed by atoms with Gasteiger partial charge in [-0.3, -0.25) is 4.98 Å². The molecule has 1 aliphatic carbocycles. The number of pyridine rings is 1. The van der Waals surface area contributed by atoms with Crippen molar-refractivity contribution in [3.8, 4) is 0 Å². The van der Waals surface area contributed by atoms with Crippen LogP contribution in [0.25, 0.3) is 10.8 Å². The molecule has 0 atom stereocenters. The Bertz CT molecular complexity index is 1040. The summed E-state index contributed by atoms with van der Waals surface area (Å²) in [5, 5.41) is 5.13. The standard InChI is InChI=1S/C21H17F5N2S.ClH/c22-19-3-1-12-10-27-6-5-16(12)17(19)11-28-13-7-15(8-13)29-14-2-4-20(23)18(9-14)21(24,25)26;/h1-6,9-10,13,15,28H,7-8,11H2;1H. The summed E-state index contributed by atoms with van der Waals surface area (Å²) in [6.07, 6.45) is 0.0997. The average molecular weight is 461 g/mol. The minimum Gasteiger partial charge on any atom is -0.310 e. The second kappa shape index (κ2) is 9.08. The van der Waals surface area contributed by atoms with Gasteiger partial charge in [-0.25, -0.2) is 8.78 Å². The highest BCUT2D eigenvalue weighted by Gasteiger charge is 2.35. The molecular weight excluding hydrogens is 443 g/mol. The Hall–Kier alpha value is -1.90. The third-order valence-electron chi connectivity index (χ3n) is 5.08. The molecule has 0 radical (unpaired) electrons. The predicted octanol–water partition coefficient (Wildman–Crippen LogP) is 6.37. The highest BCUT2D eigenvalue weighted by Crippen LogP contribution is 2.40. The number of hydrogen-bond acceptors (Lipinski definition) is 3. The minimum atomic E-state index is -4.71. The van der Waals surface area contributed by atoms with Crippen LogP contribution in [0.15, 0.2) is 53.7 Å². The number of fused-ring (bicyclic) bond motifs is 1. The molecule has 1 aromatic heterocycles. The number of alkyl halides is 3. The lowest BCUT2D eigenvalue weighted by Crippen LogP contribution is -2.42. The summed E-state index contributed by atoms with van der Waals surface area (Å²) < 4.78 is 66.1.